The van der Waals surface area contributed by atoms with Gasteiger partial charge in [-0.2, -0.15) is 0 Å². The minimum atomic E-state index is -1.19. The molecule has 512 valence electrons. The molecule has 0 amide bonds. The number of ether oxygens (including phenoxy) is 2. The van der Waals surface area contributed by atoms with Crippen molar-refractivity contribution in [2.24, 2.45) is 0 Å². The molecule has 0 saturated heterocycles. The van der Waals surface area contributed by atoms with E-state index < -0.39 is 29.0 Å². The topological polar surface area (TPSA) is 278 Å². The number of ketones is 1. The molecule has 15 nitrogen and oxygen atoms in total. The molecule has 1 atom stereocenters. The Hall–Kier alpha value is -4.82. The second-order valence-corrected chi connectivity index (χ2v) is 30.9. The molecule has 5 N–H and O–H groups in total. The van der Waals surface area contributed by atoms with E-state index in [1.54, 1.807) is 31.4 Å². The van der Waals surface area contributed by atoms with Gasteiger partial charge < -0.3 is 50.4 Å². The summed E-state index contributed by atoms with van der Waals surface area (Å²) in [4.78, 5) is 59.9. The first kappa shape index (κ1) is 89.3. The molecule has 0 aliphatic heterocycles. The number of aromatic hydroxyl groups is 2. The maximum absolute atomic E-state index is 12.1. The van der Waals surface area contributed by atoms with E-state index in [1.807, 2.05) is 75.2 Å². The first-order chi connectivity index (χ1) is 43.4. The summed E-state index contributed by atoms with van der Waals surface area (Å²) in [6.07, 6.45) is 5.33. The second-order valence-electron chi connectivity index (χ2n) is 30.1. The third-order valence-corrected chi connectivity index (χ3v) is 19.4. The predicted molar refractivity (Wildman–Crippen MR) is 367 cm³/mol. The van der Waals surface area contributed by atoms with Gasteiger partial charge in [0, 0.05) is 16.2 Å². The average Bonchev–Trinajstić information content (AvgIpc) is 1.55. The molecule has 0 saturated carbocycles. The van der Waals surface area contributed by atoms with Crippen LogP contribution in [0.4, 0.5) is 0 Å². The van der Waals surface area contributed by atoms with Gasteiger partial charge in [0.05, 0.1) is 13.5 Å². The fourth-order valence-corrected chi connectivity index (χ4v) is 16.9. The number of aliphatic hydroxyl groups is 1. The number of esters is 1. The molecule has 0 fully saturated rings. The van der Waals surface area contributed by atoms with Crippen molar-refractivity contribution in [3.8, 4) is 34.5 Å². The minimum absolute atomic E-state index is 0. The summed E-state index contributed by atoms with van der Waals surface area (Å²) in [5.74, 6) is 0.243. The molecule has 20 heteroatoms. The molecule has 0 radical (unpaired) electrons. The van der Waals surface area contributed by atoms with E-state index in [4.69, 9.17) is 52.5 Å². The second kappa shape index (κ2) is 34.0. The third-order valence-electron chi connectivity index (χ3n) is 19.2. The number of benzene rings is 6. The van der Waals surface area contributed by atoms with Gasteiger partial charge in [0.15, 0.2) is 0 Å². The fourth-order valence-electron chi connectivity index (χ4n) is 16.6. The van der Waals surface area contributed by atoms with E-state index in [2.05, 4.69) is 120 Å². The van der Waals surface area contributed by atoms with E-state index in [0.717, 1.165) is 55.4 Å². The van der Waals surface area contributed by atoms with Gasteiger partial charge in [-0.15, -0.1) is 18.1 Å². The first-order valence-electron chi connectivity index (χ1n) is 31.4. The van der Waals surface area contributed by atoms with Crippen LogP contribution in [0.3, 0.4) is 0 Å². The number of carboxylic acids is 1. The number of carboxylic acid groups (broad SMARTS) is 1. The van der Waals surface area contributed by atoms with Gasteiger partial charge in [-0.25, -0.2) is 4.79 Å². The third kappa shape index (κ3) is 19.1. The van der Waals surface area contributed by atoms with Crippen LogP contribution >= 0.6 is 23.2 Å². The molecule has 3 spiro atoms. The number of halogens is 2. The van der Waals surface area contributed by atoms with Gasteiger partial charge in [-0.05, 0) is 230 Å². The van der Waals surface area contributed by atoms with Crippen molar-refractivity contribution in [2.75, 3.05) is 13.7 Å². The molecule has 6 aromatic carbocycles. The molecule has 6 aliphatic rings. The zero-order valence-electron chi connectivity index (χ0n) is 60.7. The Bertz CT molecular complexity index is 3630. The number of aliphatic carboxylic acids is 1. The molecular formula is C78H93Cl2Na3O15. The standard InChI is InChI=1S/C26H30O4.2C21H24O2.C4H8.C3H2Cl2O2.C2H4O3.CH2O.3Na.H2O/c1-16(27)11-23(28)30-18-8-10-20-22(13-18)26(15-25(20,4)5)14-24(2,3)19-9-7-17(29-6)12-21(19)26;2*1-19(2)11-21(17-9-13(22)5-7-15(17)19)12-20(3,4)16-8-6-14(23)10-18(16)21;1-4(2)3;4-2(6)1-3(5)7;3-1-2(4)5;1-2;;;;/h7-10,12-13H,11,14-15H2,1-6H3;2*5-10,22-23H,11-12H2,1-4H3;1H2,2-3H3;1H2;3H,1H2,(H,4,5);1H2;;;;1H2/q;;;;;;;3*+1;/p-3. The Balaban J connectivity index is 0.000000439. The number of rotatable bonds is 7. The Labute approximate surface area is 655 Å². The molecule has 1 unspecified atom stereocenters. The van der Waals surface area contributed by atoms with Crippen molar-refractivity contribution < 1.29 is 163 Å². The summed E-state index contributed by atoms with van der Waals surface area (Å²) >= 11 is 9.46. The minimum Gasteiger partial charge on any atom is -0.872 e. The van der Waals surface area contributed by atoms with Crippen molar-refractivity contribution in [3.05, 3.63) is 188 Å². The van der Waals surface area contributed by atoms with Crippen molar-refractivity contribution >= 4 is 58.2 Å². The number of phenolic OH excluding ortho intramolecular Hbond substituents is 2. The van der Waals surface area contributed by atoms with Crippen LogP contribution in [-0.2, 0) is 77.5 Å². The van der Waals surface area contributed by atoms with Crippen molar-refractivity contribution in [1.82, 2.24) is 0 Å². The quantitative estimate of drug-likeness (QED) is 0.0375. The van der Waals surface area contributed by atoms with Gasteiger partial charge in [-0.1, -0.05) is 149 Å². The van der Waals surface area contributed by atoms with Crippen LogP contribution in [0, 0.1) is 0 Å². The number of hydrogen-bond acceptors (Lipinski definition) is 14. The largest absolute Gasteiger partial charge is 1.00 e. The maximum atomic E-state index is 12.1. The van der Waals surface area contributed by atoms with Crippen LogP contribution in [0.5, 0.6) is 34.5 Å². The van der Waals surface area contributed by atoms with Crippen LogP contribution in [0.1, 0.15) is 222 Å². The number of hydrogen-bond donors (Lipinski definition) is 4. The Kier molecular flexibility index (Phi) is 31.0. The van der Waals surface area contributed by atoms with Gasteiger partial charge in [0.1, 0.15) is 48.6 Å². The SMILES string of the molecule is C=C(C)C.C=O.CC1(C)CC2(CC(C)(C)c3ccc(O)cc32)c2cc(O)ccc21.CC1(C)CC2(CC(C)(C)c3ccc([O-])cc32)c2cc([O-])ccc21.COc1ccc2c(c1)C1(CC2(C)C)CC(C)(C)c2ccc(OC(=O)CC(C)=O)cc21.O=C(Cl)CC(=O)Cl.O=C(O)CO.[Na+].[Na+].[Na+].[OH-]. The monoisotopic (exact) mass is 1410 g/mol. The van der Waals surface area contributed by atoms with Crippen molar-refractivity contribution in [3.63, 3.8) is 0 Å². The fraction of sp³-hybridized carbons (Fsp3) is 0.436. The summed E-state index contributed by atoms with van der Waals surface area (Å²) in [5.41, 5.74) is 16.0. The summed E-state index contributed by atoms with van der Waals surface area (Å²) < 4.78 is 11.1. The number of aliphatic hydroxyl groups excluding tert-OH is 1. The summed E-state index contributed by atoms with van der Waals surface area (Å²) in [6, 6.07) is 35.0. The van der Waals surface area contributed by atoms with E-state index in [1.165, 1.54) is 68.1 Å². The molecule has 6 aliphatic carbocycles. The van der Waals surface area contributed by atoms with Crippen LogP contribution < -0.4 is 108 Å². The normalized spacial score (nSPS) is 18.5. The first-order valence-corrected chi connectivity index (χ1v) is 32.2. The predicted octanol–water partition coefficient (Wildman–Crippen LogP) is 5.66. The van der Waals surface area contributed by atoms with Gasteiger partial charge >= 0.3 is 101 Å². The summed E-state index contributed by atoms with van der Waals surface area (Å²) in [5, 5.41) is 57.9. The molecule has 6 aromatic rings. The van der Waals surface area contributed by atoms with Crippen LogP contribution in [0.15, 0.2) is 121 Å². The number of carbonyl (C=O) groups is 6. The molecule has 0 heterocycles. The van der Waals surface area contributed by atoms with E-state index >= 15 is 0 Å². The number of allylic oxidation sites excluding steroid dienone is 1. The Morgan fingerprint density at radius 2 is 0.694 bits per heavy atom. The van der Waals surface area contributed by atoms with Crippen molar-refractivity contribution in [2.45, 2.75) is 204 Å². The van der Waals surface area contributed by atoms with Crippen molar-refractivity contribution in [1.29, 1.82) is 0 Å². The molecule has 0 aromatic heterocycles. The Morgan fingerprint density at radius 1 is 0.449 bits per heavy atom. The molecule has 12 rings (SSSR count). The van der Waals surface area contributed by atoms with Crippen LogP contribution in [-0.4, -0.2) is 74.6 Å². The number of methoxy groups -OCH3 is 1. The van der Waals surface area contributed by atoms with E-state index in [0.29, 0.717) is 17.2 Å². The Morgan fingerprint density at radius 3 is 0.949 bits per heavy atom. The number of phenols is 2. The average molecular weight is 1410 g/mol. The summed E-state index contributed by atoms with van der Waals surface area (Å²) in [7, 11) is 1.70. The van der Waals surface area contributed by atoms with Crippen LogP contribution in [0.2, 0.25) is 0 Å². The van der Waals surface area contributed by atoms with Gasteiger partial charge in [0.2, 0.25) is 10.5 Å². The van der Waals surface area contributed by atoms with Gasteiger partial charge in [-0.3, -0.25) is 19.2 Å². The number of carbonyl (C=O) groups excluding carboxylic acids is 5. The maximum Gasteiger partial charge on any atom is 1.00 e. The number of fused-ring (bicyclic) bond motifs is 12. The van der Waals surface area contributed by atoms with E-state index in [9.17, 15) is 39.6 Å². The zero-order valence-corrected chi connectivity index (χ0v) is 68.3. The zero-order chi connectivity index (χ0) is 70.9. The van der Waals surface area contributed by atoms with Gasteiger partial charge in [0.25, 0.3) is 0 Å². The number of Topliss-reactive ketones (excluding diaryl/α,β-unsaturated/α-hetero) is 1. The summed E-state index contributed by atoms with van der Waals surface area (Å²) in [6.45, 7) is 37.4. The molecule has 98 heavy (non-hydrogen) atoms. The van der Waals surface area contributed by atoms with E-state index in [-0.39, 0.29) is 173 Å². The molecular weight excluding hydrogens is 1320 g/mol. The smallest absolute Gasteiger partial charge is 0.872 e. The molecule has 0 bridgehead atoms. The van der Waals surface area contributed by atoms with Crippen LogP contribution in [0.25, 0.3) is 0 Å².